The number of carboxylic acids is 1. The van der Waals surface area contributed by atoms with Crippen LogP contribution in [-0.4, -0.2) is 24.3 Å². The lowest BCUT2D eigenvalue weighted by Gasteiger charge is -2.52. The summed E-state index contributed by atoms with van der Waals surface area (Å²) in [5, 5.41) is 9.32. The van der Waals surface area contributed by atoms with Crippen LogP contribution in [0.3, 0.4) is 0 Å². The maximum atomic E-state index is 11.3. The number of aliphatic carboxylic acids is 1. The standard InChI is InChI=1S/C29H36O4/c1-29-15-14-24-23-12-10-22(33-18-19-6-4-3-5-7-19)16-20(23)8-11-25(24)28(29)21(9-13-27(30)31)17-26(29)32-2/h3-7,10,12,16,21,24-26,28H,8-9,11,13-15,17-18H2,1-2H3,(H,30,31)/t21-,24?,25?,26+,28?,29-/m1/s1. The average Bonchev–Trinajstić information content (AvgIpc) is 3.13. The van der Waals surface area contributed by atoms with E-state index in [2.05, 4.69) is 37.3 Å². The zero-order valence-corrected chi connectivity index (χ0v) is 19.8. The van der Waals surface area contributed by atoms with Crippen molar-refractivity contribution < 1.29 is 19.4 Å². The first-order valence-electron chi connectivity index (χ1n) is 12.5. The molecule has 2 aromatic rings. The predicted molar refractivity (Wildman–Crippen MR) is 128 cm³/mol. The zero-order valence-electron chi connectivity index (χ0n) is 19.8. The van der Waals surface area contributed by atoms with Gasteiger partial charge in [0.25, 0.3) is 0 Å². The molecule has 0 aliphatic heterocycles. The molecule has 4 heteroatoms. The van der Waals surface area contributed by atoms with Crippen LogP contribution >= 0.6 is 0 Å². The molecule has 6 atom stereocenters. The van der Waals surface area contributed by atoms with E-state index in [-0.39, 0.29) is 17.9 Å². The highest BCUT2D eigenvalue weighted by Gasteiger charge is 2.58. The van der Waals surface area contributed by atoms with Gasteiger partial charge in [-0.1, -0.05) is 43.3 Å². The molecule has 176 valence electrons. The van der Waals surface area contributed by atoms with E-state index < -0.39 is 5.97 Å². The Balaban J connectivity index is 1.36. The summed E-state index contributed by atoms with van der Waals surface area (Å²) in [6, 6.07) is 17.0. The van der Waals surface area contributed by atoms with E-state index in [0.29, 0.717) is 30.3 Å². The average molecular weight is 449 g/mol. The number of carboxylic acid groups (broad SMARTS) is 1. The summed E-state index contributed by atoms with van der Waals surface area (Å²) in [6.45, 7) is 3.01. The number of hydrogen-bond donors (Lipinski definition) is 1. The van der Waals surface area contributed by atoms with Crippen molar-refractivity contribution in [2.45, 2.75) is 70.5 Å². The van der Waals surface area contributed by atoms with Crippen LogP contribution in [0.5, 0.6) is 5.75 Å². The van der Waals surface area contributed by atoms with Crippen LogP contribution in [0, 0.1) is 23.2 Å². The number of fused-ring (bicyclic) bond motifs is 5. The second kappa shape index (κ2) is 9.13. The number of rotatable bonds is 7. The number of benzene rings is 2. The molecule has 3 unspecified atom stereocenters. The number of methoxy groups -OCH3 is 1. The van der Waals surface area contributed by atoms with Gasteiger partial charge in [-0.15, -0.1) is 0 Å². The Hall–Kier alpha value is -2.33. The van der Waals surface area contributed by atoms with E-state index in [0.717, 1.165) is 31.4 Å². The lowest BCUT2D eigenvalue weighted by molar-refractivity contribution is -0.137. The summed E-state index contributed by atoms with van der Waals surface area (Å²) < 4.78 is 12.1. The Morgan fingerprint density at radius 1 is 1.15 bits per heavy atom. The number of aryl methyl sites for hydroxylation is 1. The van der Waals surface area contributed by atoms with Gasteiger partial charge in [-0.05, 0) is 96.4 Å². The highest BCUT2D eigenvalue weighted by atomic mass is 16.5. The first-order chi connectivity index (χ1) is 16.0. The van der Waals surface area contributed by atoms with Gasteiger partial charge in [0.15, 0.2) is 0 Å². The molecule has 0 bridgehead atoms. The second-order valence-corrected chi connectivity index (χ2v) is 10.7. The van der Waals surface area contributed by atoms with Gasteiger partial charge in [0, 0.05) is 13.5 Å². The molecule has 2 fully saturated rings. The molecule has 0 amide bonds. The third kappa shape index (κ3) is 4.19. The van der Waals surface area contributed by atoms with Crippen LogP contribution in [-0.2, 0) is 22.6 Å². The van der Waals surface area contributed by atoms with Gasteiger partial charge in [-0.3, -0.25) is 4.79 Å². The first kappa shape index (κ1) is 22.5. The third-order valence-corrected chi connectivity index (χ3v) is 9.02. The predicted octanol–water partition coefficient (Wildman–Crippen LogP) is 6.23. The van der Waals surface area contributed by atoms with E-state index in [9.17, 15) is 9.90 Å². The zero-order chi connectivity index (χ0) is 23.0. The molecule has 0 radical (unpaired) electrons. The van der Waals surface area contributed by atoms with Crippen LogP contribution in [0.1, 0.15) is 68.1 Å². The van der Waals surface area contributed by atoms with Crippen molar-refractivity contribution in [2.24, 2.45) is 23.2 Å². The molecule has 4 nitrogen and oxygen atoms in total. The minimum Gasteiger partial charge on any atom is -0.489 e. The number of ether oxygens (including phenoxy) is 2. The van der Waals surface area contributed by atoms with Crippen molar-refractivity contribution in [2.75, 3.05) is 7.11 Å². The van der Waals surface area contributed by atoms with Crippen molar-refractivity contribution in [3.8, 4) is 5.75 Å². The fourth-order valence-electron chi connectivity index (χ4n) is 7.59. The number of carbonyl (C=O) groups is 1. The molecule has 0 heterocycles. The molecule has 3 aliphatic carbocycles. The van der Waals surface area contributed by atoms with E-state index in [1.54, 1.807) is 0 Å². The highest BCUT2D eigenvalue weighted by Crippen LogP contribution is 2.64. The maximum Gasteiger partial charge on any atom is 0.303 e. The molecule has 2 saturated carbocycles. The van der Waals surface area contributed by atoms with Gasteiger partial charge >= 0.3 is 5.97 Å². The molecular weight excluding hydrogens is 412 g/mol. The van der Waals surface area contributed by atoms with Crippen LogP contribution in [0.15, 0.2) is 48.5 Å². The minimum atomic E-state index is -0.679. The first-order valence-corrected chi connectivity index (χ1v) is 12.5. The lowest BCUT2D eigenvalue weighted by atomic mass is 9.53. The molecule has 3 aliphatic rings. The van der Waals surface area contributed by atoms with Crippen LogP contribution in [0.4, 0.5) is 0 Å². The van der Waals surface area contributed by atoms with E-state index in [4.69, 9.17) is 9.47 Å². The van der Waals surface area contributed by atoms with Crippen molar-refractivity contribution in [1.82, 2.24) is 0 Å². The van der Waals surface area contributed by atoms with Crippen molar-refractivity contribution in [1.29, 1.82) is 0 Å². The topological polar surface area (TPSA) is 55.8 Å². The van der Waals surface area contributed by atoms with Gasteiger partial charge in [0.1, 0.15) is 12.4 Å². The summed E-state index contributed by atoms with van der Waals surface area (Å²) >= 11 is 0. The SMILES string of the molecule is CO[C@H]1C[C@@H](CCC(=O)O)C2C3CCc4cc(OCc5ccccc5)ccc4C3CC[C@@]21C. The van der Waals surface area contributed by atoms with Gasteiger partial charge in [-0.2, -0.15) is 0 Å². The molecule has 33 heavy (non-hydrogen) atoms. The summed E-state index contributed by atoms with van der Waals surface area (Å²) in [7, 11) is 1.84. The Morgan fingerprint density at radius 2 is 1.97 bits per heavy atom. The normalized spacial score (nSPS) is 32.5. The molecule has 5 rings (SSSR count). The second-order valence-electron chi connectivity index (χ2n) is 10.7. The van der Waals surface area contributed by atoms with E-state index in [1.165, 1.54) is 29.5 Å². The van der Waals surface area contributed by atoms with Gasteiger partial charge < -0.3 is 14.6 Å². The van der Waals surface area contributed by atoms with E-state index >= 15 is 0 Å². The Labute approximate surface area is 197 Å². The lowest BCUT2D eigenvalue weighted by Crippen LogP contribution is -2.45. The summed E-state index contributed by atoms with van der Waals surface area (Å²) in [6.07, 6.45) is 6.91. The van der Waals surface area contributed by atoms with E-state index in [1.807, 2.05) is 25.3 Å². The third-order valence-electron chi connectivity index (χ3n) is 9.02. The van der Waals surface area contributed by atoms with Crippen LogP contribution in [0.2, 0.25) is 0 Å². The van der Waals surface area contributed by atoms with Crippen LogP contribution < -0.4 is 4.74 Å². The Morgan fingerprint density at radius 3 is 2.73 bits per heavy atom. The summed E-state index contributed by atoms with van der Waals surface area (Å²) in [4.78, 5) is 11.3. The smallest absolute Gasteiger partial charge is 0.303 e. The summed E-state index contributed by atoms with van der Waals surface area (Å²) in [5.41, 5.74) is 4.28. The summed E-state index contributed by atoms with van der Waals surface area (Å²) in [5.74, 6) is 2.45. The molecule has 0 aromatic heterocycles. The highest BCUT2D eigenvalue weighted by molar-refractivity contribution is 5.66. The molecule has 0 saturated heterocycles. The van der Waals surface area contributed by atoms with Gasteiger partial charge in [-0.25, -0.2) is 0 Å². The monoisotopic (exact) mass is 448 g/mol. The quantitative estimate of drug-likeness (QED) is 0.546. The maximum absolute atomic E-state index is 11.3. The number of hydrogen-bond acceptors (Lipinski definition) is 3. The van der Waals surface area contributed by atoms with Crippen molar-refractivity contribution in [3.63, 3.8) is 0 Å². The van der Waals surface area contributed by atoms with Crippen molar-refractivity contribution in [3.05, 3.63) is 65.2 Å². The Kier molecular flexibility index (Phi) is 6.22. The minimum absolute atomic E-state index is 0.162. The van der Waals surface area contributed by atoms with Crippen molar-refractivity contribution >= 4 is 5.97 Å². The molecular formula is C29H36O4. The Bertz CT molecular complexity index is 986. The van der Waals surface area contributed by atoms with Crippen LogP contribution in [0.25, 0.3) is 0 Å². The molecule has 1 N–H and O–H groups in total. The molecule has 2 aromatic carbocycles. The molecule has 0 spiro atoms. The van der Waals surface area contributed by atoms with Gasteiger partial charge in [0.05, 0.1) is 6.10 Å². The van der Waals surface area contributed by atoms with Gasteiger partial charge in [0.2, 0.25) is 0 Å². The fraction of sp³-hybridized carbons (Fsp3) is 0.552. The largest absolute Gasteiger partial charge is 0.489 e. The fourth-order valence-corrected chi connectivity index (χ4v) is 7.59.